The topological polar surface area (TPSA) is 95.5 Å². The van der Waals surface area contributed by atoms with E-state index in [4.69, 9.17) is 9.90 Å². The van der Waals surface area contributed by atoms with E-state index in [0.29, 0.717) is 0 Å². The molecule has 2 rings (SSSR count). The molecule has 154 valence electrons. The molecule has 0 bridgehead atoms. The molecule has 0 saturated carbocycles. The lowest BCUT2D eigenvalue weighted by atomic mass is 10.2. The second-order valence-corrected chi connectivity index (χ2v) is 7.24. The number of hydrogen-bond donors (Lipinski definition) is 3. The van der Waals surface area contributed by atoms with E-state index < -0.39 is 33.9 Å². The van der Waals surface area contributed by atoms with Crippen molar-refractivity contribution in [2.24, 2.45) is 0 Å². The summed E-state index contributed by atoms with van der Waals surface area (Å²) >= 11 is 0. The zero-order chi connectivity index (χ0) is 20.9. The summed E-state index contributed by atoms with van der Waals surface area (Å²) in [6.45, 7) is 1.09. The molecule has 1 aliphatic rings. The summed E-state index contributed by atoms with van der Waals surface area (Å²) in [7, 11) is -3.77. The Morgan fingerprint density at radius 1 is 1.15 bits per heavy atom. The van der Waals surface area contributed by atoms with Crippen LogP contribution in [0.25, 0.3) is 0 Å². The van der Waals surface area contributed by atoms with E-state index in [0.717, 1.165) is 43.7 Å². The van der Waals surface area contributed by atoms with Gasteiger partial charge in [-0.05, 0) is 43.7 Å². The van der Waals surface area contributed by atoms with Crippen molar-refractivity contribution in [1.82, 2.24) is 10.0 Å². The standard InChI is InChI=1S/C12H15F3N2O2S.C2HF3O2/c13-12(14,15)9-3-5-11(6-4-9)20(18,19)17-8-10-2-1-7-16-10;3-2(4,5)1(6)7/h3-6,10,16-17H,1-2,7-8H2;(H,6,7)/t10-;/m0./s1. The Morgan fingerprint density at radius 2 is 1.67 bits per heavy atom. The molecular formula is C14H16F6N2O4S. The summed E-state index contributed by atoms with van der Waals surface area (Å²) in [5.74, 6) is -2.76. The van der Waals surface area contributed by atoms with Gasteiger partial charge in [0.1, 0.15) is 0 Å². The molecule has 0 spiro atoms. The van der Waals surface area contributed by atoms with Crippen molar-refractivity contribution in [2.75, 3.05) is 13.1 Å². The highest BCUT2D eigenvalue weighted by Gasteiger charge is 2.38. The number of rotatable bonds is 4. The molecule has 0 amide bonds. The van der Waals surface area contributed by atoms with Crippen LogP contribution in [-0.4, -0.2) is 44.8 Å². The van der Waals surface area contributed by atoms with Crippen LogP contribution in [0.4, 0.5) is 26.3 Å². The fraction of sp³-hybridized carbons (Fsp3) is 0.500. The maximum atomic E-state index is 12.4. The Labute approximate surface area is 150 Å². The second kappa shape index (κ2) is 8.89. The van der Waals surface area contributed by atoms with E-state index in [1.54, 1.807) is 0 Å². The summed E-state index contributed by atoms with van der Waals surface area (Å²) in [6.07, 6.45) is -7.67. The molecule has 27 heavy (non-hydrogen) atoms. The highest BCUT2D eigenvalue weighted by molar-refractivity contribution is 7.89. The second-order valence-electron chi connectivity index (χ2n) is 5.47. The molecule has 1 heterocycles. The van der Waals surface area contributed by atoms with Crippen molar-refractivity contribution in [3.05, 3.63) is 29.8 Å². The van der Waals surface area contributed by atoms with Crippen molar-refractivity contribution in [2.45, 2.75) is 36.1 Å². The van der Waals surface area contributed by atoms with E-state index in [1.807, 2.05) is 0 Å². The van der Waals surface area contributed by atoms with Gasteiger partial charge in [-0.1, -0.05) is 0 Å². The fourth-order valence-corrected chi connectivity index (χ4v) is 3.13. The van der Waals surface area contributed by atoms with E-state index in [9.17, 15) is 34.8 Å². The van der Waals surface area contributed by atoms with Crippen molar-refractivity contribution >= 4 is 16.0 Å². The molecule has 0 aliphatic carbocycles. The van der Waals surface area contributed by atoms with E-state index in [2.05, 4.69) is 10.0 Å². The summed E-state index contributed by atoms with van der Waals surface area (Å²) in [4.78, 5) is 8.73. The van der Waals surface area contributed by atoms with Crippen LogP contribution >= 0.6 is 0 Å². The van der Waals surface area contributed by atoms with Gasteiger partial charge >= 0.3 is 18.3 Å². The molecule has 1 fully saturated rings. The van der Waals surface area contributed by atoms with Gasteiger partial charge in [0.25, 0.3) is 0 Å². The molecule has 0 aromatic heterocycles. The number of benzene rings is 1. The summed E-state index contributed by atoms with van der Waals surface area (Å²) < 4.78 is 95.2. The van der Waals surface area contributed by atoms with Gasteiger partial charge in [-0.3, -0.25) is 0 Å². The third-order valence-electron chi connectivity index (χ3n) is 3.42. The maximum absolute atomic E-state index is 12.4. The molecule has 6 nitrogen and oxygen atoms in total. The van der Waals surface area contributed by atoms with Gasteiger partial charge in [0, 0.05) is 12.6 Å². The van der Waals surface area contributed by atoms with Crippen molar-refractivity contribution in [3.8, 4) is 0 Å². The van der Waals surface area contributed by atoms with Crippen LogP contribution in [-0.2, 0) is 21.0 Å². The summed E-state index contributed by atoms with van der Waals surface area (Å²) in [5, 5.41) is 10.3. The zero-order valence-electron chi connectivity index (χ0n) is 13.6. The molecular weight excluding hydrogens is 406 g/mol. The number of nitrogens with one attached hydrogen (secondary N) is 2. The number of sulfonamides is 1. The molecule has 13 heteroatoms. The van der Waals surface area contributed by atoms with Crippen molar-refractivity contribution in [1.29, 1.82) is 0 Å². The van der Waals surface area contributed by atoms with Gasteiger partial charge < -0.3 is 10.4 Å². The molecule has 1 saturated heterocycles. The first kappa shape index (κ1) is 23.2. The quantitative estimate of drug-likeness (QED) is 0.648. The number of halogens is 6. The minimum atomic E-state index is -5.08. The monoisotopic (exact) mass is 422 g/mol. The summed E-state index contributed by atoms with van der Waals surface area (Å²) in [5.41, 5.74) is -0.867. The Balaban J connectivity index is 0.000000445. The van der Waals surface area contributed by atoms with Crippen LogP contribution < -0.4 is 10.0 Å². The zero-order valence-corrected chi connectivity index (χ0v) is 14.4. The van der Waals surface area contributed by atoms with Crippen molar-refractivity contribution in [3.63, 3.8) is 0 Å². The molecule has 3 N–H and O–H groups in total. The Kier molecular flexibility index (Phi) is 7.63. The largest absolute Gasteiger partial charge is 0.490 e. The normalized spacial score (nSPS) is 17.9. The van der Waals surface area contributed by atoms with Crippen LogP contribution in [0.1, 0.15) is 18.4 Å². The van der Waals surface area contributed by atoms with Gasteiger partial charge in [0.2, 0.25) is 10.0 Å². The molecule has 1 aromatic carbocycles. The average Bonchev–Trinajstić information content (AvgIpc) is 3.05. The Hall–Kier alpha value is -1.86. The van der Waals surface area contributed by atoms with Gasteiger partial charge in [-0.25, -0.2) is 17.9 Å². The first-order valence-electron chi connectivity index (χ1n) is 7.44. The Morgan fingerprint density at radius 3 is 2.04 bits per heavy atom. The highest BCUT2D eigenvalue weighted by atomic mass is 32.2. The van der Waals surface area contributed by atoms with E-state index in [-0.39, 0.29) is 17.5 Å². The molecule has 1 atom stereocenters. The lowest BCUT2D eigenvalue weighted by Gasteiger charge is -2.12. The lowest BCUT2D eigenvalue weighted by molar-refractivity contribution is -0.192. The number of hydrogen-bond acceptors (Lipinski definition) is 4. The number of alkyl halides is 6. The van der Waals surface area contributed by atoms with E-state index >= 15 is 0 Å². The summed E-state index contributed by atoms with van der Waals surface area (Å²) in [6, 6.07) is 3.55. The van der Waals surface area contributed by atoms with Crippen LogP contribution in [0.15, 0.2) is 29.2 Å². The van der Waals surface area contributed by atoms with Gasteiger partial charge in [-0.2, -0.15) is 26.3 Å². The smallest absolute Gasteiger partial charge is 0.475 e. The highest BCUT2D eigenvalue weighted by Crippen LogP contribution is 2.29. The minimum absolute atomic E-state index is 0.0826. The minimum Gasteiger partial charge on any atom is -0.475 e. The Bertz CT molecular complexity index is 725. The first-order valence-corrected chi connectivity index (χ1v) is 8.92. The predicted octanol–water partition coefficient (Wildman–Crippen LogP) is 2.37. The van der Waals surface area contributed by atoms with Crippen LogP contribution in [0.2, 0.25) is 0 Å². The molecule has 0 unspecified atom stereocenters. The van der Waals surface area contributed by atoms with Crippen molar-refractivity contribution < 1.29 is 44.7 Å². The average molecular weight is 422 g/mol. The van der Waals surface area contributed by atoms with Gasteiger partial charge in [0.05, 0.1) is 10.5 Å². The number of carbonyl (C=O) groups is 1. The third-order valence-corrected chi connectivity index (χ3v) is 4.86. The van der Waals surface area contributed by atoms with Gasteiger partial charge in [-0.15, -0.1) is 0 Å². The maximum Gasteiger partial charge on any atom is 0.490 e. The molecule has 0 radical (unpaired) electrons. The third kappa shape index (κ3) is 7.72. The lowest BCUT2D eigenvalue weighted by Crippen LogP contribution is -2.37. The first-order chi connectivity index (χ1) is 12.2. The SMILES string of the molecule is O=C(O)C(F)(F)F.O=S(=O)(NC[C@@H]1CCCN1)c1ccc(C(F)(F)F)cc1. The number of carboxylic acids is 1. The molecule has 1 aromatic rings. The van der Waals surface area contributed by atoms with Crippen LogP contribution in [0.5, 0.6) is 0 Å². The fourth-order valence-electron chi connectivity index (χ4n) is 2.05. The molecule has 1 aliphatic heterocycles. The van der Waals surface area contributed by atoms with Crippen LogP contribution in [0, 0.1) is 0 Å². The number of aliphatic carboxylic acids is 1. The van der Waals surface area contributed by atoms with E-state index in [1.165, 1.54) is 0 Å². The van der Waals surface area contributed by atoms with Crippen LogP contribution in [0.3, 0.4) is 0 Å². The van der Waals surface area contributed by atoms with Gasteiger partial charge in [0.15, 0.2) is 0 Å². The predicted molar refractivity (Wildman–Crippen MR) is 81.3 cm³/mol. The number of carboxylic acid groups (broad SMARTS) is 1.